The molecule has 12 heteroatoms. The molecule has 0 saturated heterocycles. The number of amides is 1. The number of ether oxygens (including phenoxy) is 3. The molecule has 0 atom stereocenters. The van der Waals surface area contributed by atoms with Crippen LogP contribution in [-0.2, 0) is 16.1 Å². The topological polar surface area (TPSA) is 122 Å². The highest BCUT2D eigenvalue weighted by molar-refractivity contribution is 7.21. The number of non-ortho nitro benzene ring substituents is 1. The number of benzene rings is 2. The molecule has 0 fully saturated rings. The third kappa shape index (κ3) is 3.94. The smallest absolute Gasteiger partial charge is 0.307 e. The van der Waals surface area contributed by atoms with E-state index in [1.165, 1.54) is 41.9 Å². The number of nitrogens with zero attached hydrogens (tertiary/aromatic N) is 3. The number of nitro benzene ring substituents is 1. The lowest BCUT2D eigenvalue weighted by atomic mass is 10.2. The number of methoxy groups -OCH3 is 1. The number of aryl methyl sites for hydroxylation is 1. The van der Waals surface area contributed by atoms with Gasteiger partial charge in [-0.1, -0.05) is 11.3 Å². The van der Waals surface area contributed by atoms with Gasteiger partial charge in [0.1, 0.15) is 0 Å². The van der Waals surface area contributed by atoms with E-state index in [2.05, 4.69) is 4.99 Å². The van der Waals surface area contributed by atoms with Crippen LogP contribution in [0.2, 0.25) is 0 Å². The summed E-state index contributed by atoms with van der Waals surface area (Å²) in [5, 5.41) is 11.6. The molecule has 0 unspecified atom stereocenters. The molecule has 1 amide bonds. The van der Waals surface area contributed by atoms with Crippen LogP contribution in [0.25, 0.3) is 20.3 Å². The van der Waals surface area contributed by atoms with Crippen molar-refractivity contribution >= 4 is 60.5 Å². The molecule has 4 aromatic rings. The van der Waals surface area contributed by atoms with Crippen molar-refractivity contribution in [2.75, 3.05) is 13.9 Å². The number of thiophene rings is 1. The zero-order chi connectivity index (χ0) is 23.1. The van der Waals surface area contributed by atoms with Crippen LogP contribution >= 0.6 is 22.7 Å². The van der Waals surface area contributed by atoms with Gasteiger partial charge in [-0.2, -0.15) is 4.99 Å². The highest BCUT2D eigenvalue weighted by Gasteiger charge is 2.19. The maximum absolute atomic E-state index is 13.0. The number of hydrogen-bond donors (Lipinski definition) is 0. The summed E-state index contributed by atoms with van der Waals surface area (Å²) in [4.78, 5) is 40.4. The lowest BCUT2D eigenvalue weighted by Crippen LogP contribution is -2.19. The van der Waals surface area contributed by atoms with Gasteiger partial charge in [-0.15, -0.1) is 11.3 Å². The quantitative estimate of drug-likeness (QED) is 0.239. The van der Waals surface area contributed by atoms with E-state index in [1.807, 2.05) is 6.07 Å². The summed E-state index contributed by atoms with van der Waals surface area (Å²) in [6, 6.07) is 9.67. The third-order valence-electron chi connectivity index (χ3n) is 5.06. The number of nitro groups is 1. The van der Waals surface area contributed by atoms with Gasteiger partial charge in [-0.05, 0) is 12.1 Å². The maximum atomic E-state index is 13.0. The Bertz CT molecular complexity index is 1520. The summed E-state index contributed by atoms with van der Waals surface area (Å²) < 4.78 is 19.0. The van der Waals surface area contributed by atoms with E-state index in [-0.39, 0.29) is 31.4 Å². The van der Waals surface area contributed by atoms with Crippen molar-refractivity contribution in [2.24, 2.45) is 4.99 Å². The molecule has 0 saturated carbocycles. The summed E-state index contributed by atoms with van der Waals surface area (Å²) in [5.74, 6) is 0.326. The van der Waals surface area contributed by atoms with Gasteiger partial charge in [0.05, 0.1) is 33.5 Å². The number of hydrogen-bond acceptors (Lipinski definition) is 9. The Hall–Kier alpha value is -3.77. The van der Waals surface area contributed by atoms with Crippen LogP contribution in [0.15, 0.2) is 41.4 Å². The summed E-state index contributed by atoms with van der Waals surface area (Å²) in [7, 11) is 1.32. The molecule has 0 radical (unpaired) electrons. The molecule has 0 aliphatic carbocycles. The van der Waals surface area contributed by atoms with Crippen molar-refractivity contribution in [1.82, 2.24) is 4.57 Å². The standard InChI is InChI=1S/C21H15N3O7S2/c1-29-19(25)4-5-23-13-8-14-15(31-10-30-14)9-17(13)33-21(23)22-20(26)18-7-11-6-12(24(27)28)2-3-16(11)32-18/h2-3,6-9H,4-5,10H2,1H3. The molecule has 1 aliphatic heterocycles. The van der Waals surface area contributed by atoms with Crippen LogP contribution in [0.4, 0.5) is 5.69 Å². The van der Waals surface area contributed by atoms with E-state index in [0.717, 1.165) is 14.9 Å². The number of carbonyl (C=O) groups is 2. The number of rotatable bonds is 5. The molecule has 5 rings (SSSR count). The molecular formula is C21H15N3O7S2. The van der Waals surface area contributed by atoms with Gasteiger partial charge in [0, 0.05) is 40.9 Å². The van der Waals surface area contributed by atoms with Crippen LogP contribution in [0.1, 0.15) is 16.1 Å². The zero-order valence-corrected chi connectivity index (χ0v) is 18.7. The lowest BCUT2D eigenvalue weighted by Gasteiger charge is -2.05. The van der Waals surface area contributed by atoms with E-state index in [1.54, 1.807) is 22.8 Å². The predicted molar refractivity (Wildman–Crippen MR) is 121 cm³/mol. The van der Waals surface area contributed by atoms with Crippen LogP contribution in [-0.4, -0.2) is 35.3 Å². The van der Waals surface area contributed by atoms with Gasteiger partial charge in [0.15, 0.2) is 16.3 Å². The Morgan fingerprint density at radius 1 is 1.15 bits per heavy atom. The molecule has 2 aromatic carbocycles. The first-order valence-electron chi connectivity index (χ1n) is 9.70. The summed E-state index contributed by atoms with van der Waals surface area (Å²) in [6.45, 7) is 0.394. The normalized spacial score (nSPS) is 13.1. The molecule has 0 spiro atoms. The van der Waals surface area contributed by atoms with E-state index >= 15 is 0 Å². The fourth-order valence-corrected chi connectivity index (χ4v) is 5.45. The van der Waals surface area contributed by atoms with Crippen molar-refractivity contribution in [3.8, 4) is 11.5 Å². The van der Waals surface area contributed by atoms with E-state index < -0.39 is 10.8 Å². The number of fused-ring (bicyclic) bond motifs is 3. The second-order valence-corrected chi connectivity index (χ2v) is 9.14. The Balaban J connectivity index is 1.58. The first kappa shape index (κ1) is 21.1. The lowest BCUT2D eigenvalue weighted by molar-refractivity contribution is -0.384. The van der Waals surface area contributed by atoms with Gasteiger partial charge in [-0.25, -0.2) is 0 Å². The summed E-state index contributed by atoms with van der Waals surface area (Å²) in [6.07, 6.45) is 0.102. The second-order valence-electron chi connectivity index (χ2n) is 7.04. The number of aromatic nitrogens is 1. The highest BCUT2D eigenvalue weighted by Crippen LogP contribution is 2.37. The predicted octanol–water partition coefficient (Wildman–Crippen LogP) is 3.86. The molecular weight excluding hydrogens is 470 g/mol. The van der Waals surface area contributed by atoms with Crippen LogP contribution in [0, 0.1) is 10.1 Å². The van der Waals surface area contributed by atoms with Crippen LogP contribution in [0.5, 0.6) is 11.5 Å². The number of carbonyl (C=O) groups excluding carboxylic acids is 2. The average Bonchev–Trinajstić information content (AvgIpc) is 3.51. The largest absolute Gasteiger partial charge is 0.469 e. The fourth-order valence-electron chi connectivity index (χ4n) is 3.46. The minimum atomic E-state index is -0.477. The van der Waals surface area contributed by atoms with E-state index in [4.69, 9.17) is 14.2 Å². The Labute approximate surface area is 193 Å². The van der Waals surface area contributed by atoms with Crippen molar-refractivity contribution in [2.45, 2.75) is 13.0 Å². The molecule has 33 heavy (non-hydrogen) atoms. The van der Waals surface area contributed by atoms with Crippen molar-refractivity contribution in [3.63, 3.8) is 0 Å². The first-order chi connectivity index (χ1) is 15.9. The van der Waals surface area contributed by atoms with Crippen molar-refractivity contribution in [3.05, 3.63) is 56.2 Å². The Morgan fingerprint density at radius 3 is 2.70 bits per heavy atom. The van der Waals surface area contributed by atoms with Gasteiger partial charge in [0.25, 0.3) is 11.6 Å². The molecule has 0 bridgehead atoms. The minimum absolute atomic E-state index is 0.0427. The monoisotopic (exact) mass is 485 g/mol. The molecule has 168 valence electrons. The summed E-state index contributed by atoms with van der Waals surface area (Å²) in [5.41, 5.74) is 0.713. The van der Waals surface area contributed by atoms with Gasteiger partial charge in [-0.3, -0.25) is 19.7 Å². The second kappa shape index (κ2) is 8.30. The zero-order valence-electron chi connectivity index (χ0n) is 17.1. The molecule has 10 nitrogen and oxygen atoms in total. The first-order valence-corrected chi connectivity index (χ1v) is 11.3. The maximum Gasteiger partial charge on any atom is 0.307 e. The molecule has 3 heterocycles. The molecule has 1 aliphatic rings. The van der Waals surface area contributed by atoms with Crippen LogP contribution in [0.3, 0.4) is 0 Å². The Morgan fingerprint density at radius 2 is 1.94 bits per heavy atom. The minimum Gasteiger partial charge on any atom is -0.469 e. The van der Waals surface area contributed by atoms with Crippen LogP contribution < -0.4 is 14.3 Å². The van der Waals surface area contributed by atoms with Gasteiger partial charge in [0.2, 0.25) is 6.79 Å². The van der Waals surface area contributed by atoms with Gasteiger partial charge >= 0.3 is 5.97 Å². The average molecular weight is 485 g/mol. The fraction of sp³-hybridized carbons (Fsp3) is 0.190. The van der Waals surface area contributed by atoms with Gasteiger partial charge < -0.3 is 18.8 Å². The van der Waals surface area contributed by atoms with Crippen molar-refractivity contribution < 1.29 is 28.7 Å². The SMILES string of the molecule is COC(=O)CCn1c(=NC(=O)c2cc3cc([N+](=O)[O-])ccc3s2)sc2cc3c(cc21)OCO3. The third-order valence-corrected chi connectivity index (χ3v) is 7.21. The number of thiazole rings is 1. The summed E-state index contributed by atoms with van der Waals surface area (Å²) >= 11 is 2.50. The number of esters is 1. The van der Waals surface area contributed by atoms with E-state index in [0.29, 0.717) is 26.6 Å². The Kier molecular flexibility index (Phi) is 5.30. The molecule has 2 aromatic heterocycles. The molecule has 0 N–H and O–H groups in total. The van der Waals surface area contributed by atoms with Crippen molar-refractivity contribution in [1.29, 1.82) is 0 Å². The highest BCUT2D eigenvalue weighted by atomic mass is 32.1. The van der Waals surface area contributed by atoms with E-state index in [9.17, 15) is 19.7 Å².